The maximum Gasteiger partial charge on any atom is 0.343 e. The average molecular weight is 449 g/mol. The van der Waals surface area contributed by atoms with Crippen LogP contribution in [0.25, 0.3) is 0 Å². The molecule has 0 amide bonds. The van der Waals surface area contributed by atoms with Gasteiger partial charge in [0.2, 0.25) is 5.67 Å². The van der Waals surface area contributed by atoms with Gasteiger partial charge >= 0.3 is 17.9 Å². The molecule has 6 nitrogen and oxygen atoms in total. The molecule has 0 aromatic heterocycles. The van der Waals surface area contributed by atoms with Crippen molar-refractivity contribution in [3.05, 3.63) is 0 Å². The van der Waals surface area contributed by atoms with Crippen LogP contribution in [0, 0.1) is 47.3 Å². The summed E-state index contributed by atoms with van der Waals surface area (Å²) in [5.74, 6) is -1.15. The molecule has 6 saturated carbocycles. The fourth-order valence-electron chi connectivity index (χ4n) is 8.43. The Balaban J connectivity index is 1.23. The van der Waals surface area contributed by atoms with Crippen LogP contribution in [0.5, 0.6) is 0 Å². The van der Waals surface area contributed by atoms with Crippen molar-refractivity contribution in [2.75, 3.05) is 0 Å². The summed E-state index contributed by atoms with van der Waals surface area (Å²) in [6.45, 7) is 4.87. The van der Waals surface area contributed by atoms with Crippen molar-refractivity contribution >= 4 is 17.9 Å². The summed E-state index contributed by atoms with van der Waals surface area (Å²) in [5, 5.41) is 0. The summed E-state index contributed by atoms with van der Waals surface area (Å²) < 4.78 is 32.0. The third kappa shape index (κ3) is 2.71. The largest absolute Gasteiger partial charge is 0.459 e. The highest BCUT2D eigenvalue weighted by atomic mass is 19.1. The number of halogens is 1. The van der Waals surface area contributed by atoms with Gasteiger partial charge in [-0.2, -0.15) is 0 Å². The highest BCUT2D eigenvalue weighted by Crippen LogP contribution is 2.62. The molecule has 7 heteroatoms. The normalized spacial score (nSPS) is 51.4. The standard InChI is InChI=1S/C25H33FO6/c1-4-24(2,26)23(29)31-20-16-10-15-17(21(27)30-19(15)20)18(16)22(28)32-25(3)13-6-11-5-12(8-13)9-14(25)7-11/h11-20H,4-10H2,1-3H3. The first-order valence-electron chi connectivity index (χ1n) is 12.5. The van der Waals surface area contributed by atoms with Gasteiger partial charge in [0.1, 0.15) is 17.8 Å². The summed E-state index contributed by atoms with van der Waals surface area (Å²) in [6.07, 6.45) is 5.00. The van der Waals surface area contributed by atoms with Crippen LogP contribution in [0.2, 0.25) is 0 Å². The van der Waals surface area contributed by atoms with E-state index in [9.17, 15) is 18.8 Å². The van der Waals surface area contributed by atoms with Gasteiger partial charge in [0.25, 0.3) is 0 Å². The van der Waals surface area contributed by atoms with Crippen molar-refractivity contribution in [1.29, 1.82) is 0 Å². The third-order valence-corrected chi connectivity index (χ3v) is 10.2. The highest BCUT2D eigenvalue weighted by molar-refractivity contribution is 5.87. The van der Waals surface area contributed by atoms with Crippen molar-refractivity contribution in [3.63, 3.8) is 0 Å². The quantitative estimate of drug-likeness (QED) is 0.472. The molecule has 1 heterocycles. The van der Waals surface area contributed by atoms with Gasteiger partial charge in [-0.1, -0.05) is 6.92 Å². The molecule has 6 aliphatic carbocycles. The summed E-state index contributed by atoms with van der Waals surface area (Å²) in [5.41, 5.74) is -2.59. The molecule has 7 rings (SSSR count). The van der Waals surface area contributed by atoms with Crippen LogP contribution >= 0.6 is 0 Å². The van der Waals surface area contributed by atoms with Crippen molar-refractivity contribution < 1.29 is 33.0 Å². The molecule has 0 radical (unpaired) electrons. The van der Waals surface area contributed by atoms with E-state index < -0.39 is 47.3 Å². The number of rotatable bonds is 5. The van der Waals surface area contributed by atoms with Crippen LogP contribution in [-0.2, 0) is 28.6 Å². The van der Waals surface area contributed by atoms with Gasteiger partial charge < -0.3 is 14.2 Å². The first-order valence-corrected chi connectivity index (χ1v) is 12.5. The Bertz CT molecular complexity index is 838. The van der Waals surface area contributed by atoms with Crippen molar-refractivity contribution in [2.24, 2.45) is 47.3 Å². The van der Waals surface area contributed by atoms with Crippen molar-refractivity contribution in [1.82, 2.24) is 0 Å². The average Bonchev–Trinajstić information content (AvgIpc) is 3.35. The second-order valence-electron chi connectivity index (χ2n) is 11.8. The maximum absolute atomic E-state index is 14.5. The van der Waals surface area contributed by atoms with Crippen LogP contribution in [0.1, 0.15) is 65.7 Å². The van der Waals surface area contributed by atoms with E-state index >= 15 is 0 Å². The third-order valence-electron chi connectivity index (χ3n) is 10.2. The summed E-state index contributed by atoms with van der Waals surface area (Å²) in [4.78, 5) is 38.7. The minimum absolute atomic E-state index is 0.00564. The molecule has 7 unspecified atom stereocenters. The lowest BCUT2D eigenvalue weighted by Gasteiger charge is -2.59. The zero-order valence-corrected chi connectivity index (χ0v) is 19.1. The lowest BCUT2D eigenvalue weighted by molar-refractivity contribution is -0.211. The zero-order valence-electron chi connectivity index (χ0n) is 19.1. The number of hydrogen-bond donors (Lipinski definition) is 0. The minimum Gasteiger partial charge on any atom is -0.459 e. The van der Waals surface area contributed by atoms with E-state index in [-0.39, 0.29) is 24.2 Å². The SMILES string of the molecule is CCC(C)(F)C(=O)OC1C2CC3C1OC(=O)C3C2C(=O)OC1(C)C2CC3CC(C2)CC1C3. The van der Waals surface area contributed by atoms with Gasteiger partial charge in [0, 0.05) is 11.8 Å². The molecule has 1 saturated heterocycles. The summed E-state index contributed by atoms with van der Waals surface area (Å²) in [7, 11) is 0. The van der Waals surface area contributed by atoms with Gasteiger partial charge in [-0.3, -0.25) is 9.59 Å². The molecule has 0 aromatic rings. The van der Waals surface area contributed by atoms with Crippen LogP contribution in [0.4, 0.5) is 4.39 Å². The minimum atomic E-state index is -2.10. The van der Waals surface area contributed by atoms with Crippen LogP contribution < -0.4 is 0 Å². The Morgan fingerprint density at radius 1 is 1.09 bits per heavy atom. The summed E-state index contributed by atoms with van der Waals surface area (Å²) >= 11 is 0. The van der Waals surface area contributed by atoms with E-state index in [4.69, 9.17) is 14.2 Å². The lowest BCUT2D eigenvalue weighted by atomic mass is 9.50. The predicted molar refractivity (Wildman–Crippen MR) is 110 cm³/mol. The van der Waals surface area contributed by atoms with E-state index in [1.165, 1.54) is 13.3 Å². The Hall–Kier alpha value is -1.66. The zero-order chi connectivity index (χ0) is 22.6. The first kappa shape index (κ1) is 20.9. The fraction of sp³-hybridized carbons (Fsp3) is 0.880. The first-order chi connectivity index (χ1) is 15.1. The van der Waals surface area contributed by atoms with E-state index in [0.29, 0.717) is 18.3 Å². The number of alkyl halides is 1. The Labute approximate surface area is 187 Å². The Kier molecular flexibility index (Phi) is 4.37. The number of carbonyl (C=O) groups excluding carboxylic acids is 3. The molecule has 1 aliphatic heterocycles. The molecule has 0 aromatic carbocycles. The van der Waals surface area contributed by atoms with Crippen LogP contribution in [0.3, 0.4) is 0 Å². The van der Waals surface area contributed by atoms with Gasteiger partial charge in [-0.25, -0.2) is 9.18 Å². The molecular formula is C25H33FO6. The monoisotopic (exact) mass is 448 g/mol. The van der Waals surface area contributed by atoms with Crippen molar-refractivity contribution in [2.45, 2.75) is 89.2 Å². The van der Waals surface area contributed by atoms with E-state index in [0.717, 1.165) is 37.5 Å². The molecule has 7 atom stereocenters. The van der Waals surface area contributed by atoms with Gasteiger partial charge in [0.15, 0.2) is 0 Å². The molecule has 0 spiro atoms. The number of fused-ring (bicyclic) bond motifs is 1. The van der Waals surface area contributed by atoms with E-state index in [2.05, 4.69) is 6.92 Å². The number of hydrogen-bond acceptors (Lipinski definition) is 6. The van der Waals surface area contributed by atoms with Crippen LogP contribution in [-0.4, -0.2) is 41.4 Å². The van der Waals surface area contributed by atoms with Gasteiger partial charge in [-0.05, 0) is 82.5 Å². The molecular weight excluding hydrogens is 415 g/mol. The second kappa shape index (κ2) is 6.69. The fourth-order valence-corrected chi connectivity index (χ4v) is 8.43. The Morgan fingerprint density at radius 2 is 1.72 bits per heavy atom. The molecule has 7 aliphatic rings. The highest BCUT2D eigenvalue weighted by Gasteiger charge is 2.71. The molecule has 6 bridgehead atoms. The Morgan fingerprint density at radius 3 is 2.31 bits per heavy atom. The van der Waals surface area contributed by atoms with Crippen LogP contribution in [0.15, 0.2) is 0 Å². The smallest absolute Gasteiger partial charge is 0.343 e. The van der Waals surface area contributed by atoms with Gasteiger partial charge in [0.05, 0.1) is 11.8 Å². The van der Waals surface area contributed by atoms with Gasteiger partial charge in [-0.15, -0.1) is 0 Å². The number of esters is 3. The number of ether oxygens (including phenoxy) is 3. The number of carbonyl (C=O) groups is 3. The van der Waals surface area contributed by atoms with E-state index in [1.54, 1.807) is 6.92 Å². The lowest BCUT2D eigenvalue weighted by Crippen LogP contribution is -2.59. The van der Waals surface area contributed by atoms with Crippen molar-refractivity contribution in [3.8, 4) is 0 Å². The topological polar surface area (TPSA) is 78.9 Å². The molecule has 176 valence electrons. The predicted octanol–water partition coefficient (Wildman–Crippen LogP) is 3.60. The maximum atomic E-state index is 14.5. The second-order valence-corrected chi connectivity index (χ2v) is 11.8. The van der Waals surface area contributed by atoms with E-state index in [1.807, 2.05) is 0 Å². The molecule has 0 N–H and O–H groups in total. The molecule has 7 fully saturated rings. The molecule has 32 heavy (non-hydrogen) atoms. The summed E-state index contributed by atoms with van der Waals surface area (Å²) in [6, 6.07) is 0.